The first-order valence-corrected chi connectivity index (χ1v) is 9.57. The molecular weight excluding hydrogens is 400 g/mol. The number of pyridine rings is 1. The Morgan fingerprint density at radius 2 is 1.77 bits per heavy atom. The Bertz CT molecular complexity index is 1270. The topological polar surface area (TPSA) is 68.3 Å². The first kappa shape index (κ1) is 19.6. The van der Waals surface area contributed by atoms with Gasteiger partial charge in [-0.15, -0.1) is 0 Å². The van der Waals surface area contributed by atoms with E-state index in [1.807, 2.05) is 42.5 Å². The van der Waals surface area contributed by atoms with E-state index in [4.69, 9.17) is 16.3 Å². The molecule has 30 heavy (non-hydrogen) atoms. The number of para-hydroxylation sites is 1. The number of nitrogens with one attached hydrogen (secondary N) is 1. The van der Waals surface area contributed by atoms with Gasteiger partial charge < -0.3 is 10.1 Å². The second kappa shape index (κ2) is 8.35. The molecule has 0 aliphatic rings. The van der Waals surface area contributed by atoms with Crippen molar-refractivity contribution in [1.29, 1.82) is 0 Å². The zero-order chi connectivity index (χ0) is 21.1. The molecule has 6 heteroatoms. The molecular formula is C24H17ClN2O3. The van der Waals surface area contributed by atoms with Crippen LogP contribution in [0.1, 0.15) is 20.7 Å². The van der Waals surface area contributed by atoms with Crippen LogP contribution in [-0.2, 0) is 4.74 Å². The molecule has 1 heterocycles. The number of carbonyl (C=O) groups is 2. The highest BCUT2D eigenvalue weighted by Crippen LogP contribution is 2.25. The van der Waals surface area contributed by atoms with E-state index in [0.29, 0.717) is 16.3 Å². The van der Waals surface area contributed by atoms with Crippen molar-refractivity contribution < 1.29 is 14.3 Å². The molecule has 0 unspecified atom stereocenters. The van der Waals surface area contributed by atoms with Crippen LogP contribution in [0, 0.1) is 0 Å². The van der Waals surface area contributed by atoms with E-state index in [0.717, 1.165) is 22.0 Å². The lowest BCUT2D eigenvalue weighted by molar-refractivity contribution is 0.0602. The lowest BCUT2D eigenvalue weighted by Gasteiger charge is -2.11. The Kier molecular flexibility index (Phi) is 5.46. The van der Waals surface area contributed by atoms with Gasteiger partial charge in [0.25, 0.3) is 5.91 Å². The lowest BCUT2D eigenvalue weighted by atomic mass is 10.0. The van der Waals surface area contributed by atoms with Gasteiger partial charge in [0.15, 0.2) is 0 Å². The maximum absolute atomic E-state index is 12.8. The molecule has 0 aliphatic heterocycles. The third-order valence-electron chi connectivity index (χ3n) is 4.68. The summed E-state index contributed by atoms with van der Waals surface area (Å²) in [5, 5.41) is 4.16. The summed E-state index contributed by atoms with van der Waals surface area (Å²) in [7, 11) is 1.27. The second-order valence-corrected chi connectivity index (χ2v) is 7.07. The molecule has 1 N–H and O–H groups in total. The number of amides is 1. The summed E-state index contributed by atoms with van der Waals surface area (Å²) in [6.45, 7) is 0. The standard InChI is InChI=1S/C24H17ClN2O3/c1-30-24(29)20-13-19(25)9-10-22(20)27-23(28)17-7-4-6-15(11-17)18-12-16-5-2-3-8-21(16)26-14-18/h2-14H,1H3,(H,27,28). The minimum absolute atomic E-state index is 0.188. The molecule has 0 saturated heterocycles. The smallest absolute Gasteiger partial charge is 0.340 e. The molecule has 0 bridgehead atoms. The van der Waals surface area contributed by atoms with Gasteiger partial charge >= 0.3 is 5.97 Å². The number of hydrogen-bond acceptors (Lipinski definition) is 4. The quantitative estimate of drug-likeness (QED) is 0.440. The number of hydrogen-bond donors (Lipinski definition) is 1. The van der Waals surface area contributed by atoms with Crippen LogP contribution in [0.5, 0.6) is 0 Å². The fourth-order valence-corrected chi connectivity index (χ4v) is 3.34. The molecule has 4 rings (SSSR count). The molecule has 148 valence electrons. The SMILES string of the molecule is COC(=O)c1cc(Cl)ccc1NC(=O)c1cccc(-c2cnc3ccccc3c2)c1. The normalized spacial score (nSPS) is 10.6. The van der Waals surface area contributed by atoms with Crippen molar-refractivity contribution in [2.75, 3.05) is 12.4 Å². The maximum atomic E-state index is 12.8. The fourth-order valence-electron chi connectivity index (χ4n) is 3.17. The third-order valence-corrected chi connectivity index (χ3v) is 4.92. The van der Waals surface area contributed by atoms with Crippen LogP contribution in [0.3, 0.4) is 0 Å². The highest BCUT2D eigenvalue weighted by Gasteiger charge is 2.16. The van der Waals surface area contributed by atoms with E-state index in [1.54, 1.807) is 30.5 Å². The number of rotatable bonds is 4. The highest BCUT2D eigenvalue weighted by molar-refractivity contribution is 6.31. The summed E-state index contributed by atoms with van der Waals surface area (Å²) in [4.78, 5) is 29.3. The van der Waals surface area contributed by atoms with E-state index in [1.165, 1.54) is 13.2 Å². The van der Waals surface area contributed by atoms with Crippen molar-refractivity contribution in [3.63, 3.8) is 0 Å². The van der Waals surface area contributed by atoms with E-state index < -0.39 is 5.97 Å². The van der Waals surface area contributed by atoms with Crippen molar-refractivity contribution in [2.24, 2.45) is 0 Å². The van der Waals surface area contributed by atoms with Crippen LogP contribution in [0.2, 0.25) is 5.02 Å². The highest BCUT2D eigenvalue weighted by atomic mass is 35.5. The first-order chi connectivity index (χ1) is 14.5. The molecule has 0 radical (unpaired) electrons. The zero-order valence-electron chi connectivity index (χ0n) is 16.1. The van der Waals surface area contributed by atoms with Crippen LogP contribution < -0.4 is 5.32 Å². The van der Waals surface area contributed by atoms with Crippen LogP contribution in [0.25, 0.3) is 22.0 Å². The summed E-state index contributed by atoms with van der Waals surface area (Å²) in [5.74, 6) is -0.929. The van der Waals surface area contributed by atoms with Crippen LogP contribution in [-0.4, -0.2) is 24.0 Å². The second-order valence-electron chi connectivity index (χ2n) is 6.63. The predicted molar refractivity (Wildman–Crippen MR) is 118 cm³/mol. The number of ether oxygens (including phenoxy) is 1. The van der Waals surface area contributed by atoms with Gasteiger partial charge in [0.2, 0.25) is 0 Å². The summed E-state index contributed by atoms with van der Waals surface area (Å²) < 4.78 is 4.78. The van der Waals surface area contributed by atoms with Crippen molar-refractivity contribution in [2.45, 2.75) is 0 Å². The average Bonchev–Trinajstić information content (AvgIpc) is 2.79. The summed E-state index contributed by atoms with van der Waals surface area (Å²) in [5.41, 5.74) is 3.65. The van der Waals surface area contributed by atoms with E-state index in [9.17, 15) is 9.59 Å². The van der Waals surface area contributed by atoms with Crippen molar-refractivity contribution in [3.05, 3.63) is 95.1 Å². The third kappa shape index (κ3) is 4.02. The minimum atomic E-state index is -0.580. The van der Waals surface area contributed by atoms with Gasteiger partial charge in [-0.25, -0.2) is 4.79 Å². The molecule has 0 saturated carbocycles. The van der Waals surface area contributed by atoms with Crippen molar-refractivity contribution in [1.82, 2.24) is 4.98 Å². The number of benzene rings is 3. The zero-order valence-corrected chi connectivity index (χ0v) is 16.8. The Morgan fingerprint density at radius 1 is 0.933 bits per heavy atom. The number of halogens is 1. The van der Waals surface area contributed by atoms with Gasteiger partial charge in [-0.1, -0.05) is 41.9 Å². The van der Waals surface area contributed by atoms with Gasteiger partial charge in [-0.3, -0.25) is 9.78 Å². The molecule has 5 nitrogen and oxygen atoms in total. The molecule has 3 aromatic carbocycles. The number of aromatic nitrogens is 1. The monoisotopic (exact) mass is 416 g/mol. The summed E-state index contributed by atoms with van der Waals surface area (Å²) in [6, 6.07) is 21.7. The Hall–Kier alpha value is -3.70. The fraction of sp³-hybridized carbons (Fsp3) is 0.0417. The number of methoxy groups -OCH3 is 1. The average molecular weight is 417 g/mol. The molecule has 1 amide bonds. The van der Waals surface area contributed by atoms with Gasteiger partial charge in [-0.2, -0.15) is 0 Å². The Morgan fingerprint density at radius 3 is 2.60 bits per heavy atom. The van der Waals surface area contributed by atoms with E-state index >= 15 is 0 Å². The van der Waals surface area contributed by atoms with Crippen molar-refractivity contribution >= 4 is 40.1 Å². The van der Waals surface area contributed by atoms with Gasteiger partial charge in [0, 0.05) is 27.7 Å². The summed E-state index contributed by atoms with van der Waals surface area (Å²) in [6.07, 6.45) is 1.79. The van der Waals surface area contributed by atoms with Crippen LogP contribution >= 0.6 is 11.6 Å². The van der Waals surface area contributed by atoms with Crippen LogP contribution in [0.15, 0.2) is 79.0 Å². The lowest BCUT2D eigenvalue weighted by Crippen LogP contribution is -2.15. The molecule has 0 aliphatic carbocycles. The summed E-state index contributed by atoms with van der Waals surface area (Å²) >= 11 is 5.98. The van der Waals surface area contributed by atoms with Gasteiger partial charge in [0.05, 0.1) is 23.9 Å². The Balaban J connectivity index is 1.64. The molecule has 1 aromatic heterocycles. The van der Waals surface area contributed by atoms with Crippen LogP contribution in [0.4, 0.5) is 5.69 Å². The number of nitrogens with zero attached hydrogens (tertiary/aromatic N) is 1. The van der Waals surface area contributed by atoms with Gasteiger partial charge in [-0.05, 0) is 48.0 Å². The molecule has 4 aromatic rings. The Labute approximate surface area is 178 Å². The largest absolute Gasteiger partial charge is 0.465 e. The number of anilines is 1. The minimum Gasteiger partial charge on any atom is -0.465 e. The first-order valence-electron chi connectivity index (χ1n) is 9.19. The van der Waals surface area contributed by atoms with E-state index in [-0.39, 0.29) is 11.5 Å². The predicted octanol–water partition coefficient (Wildman–Crippen LogP) is 5.59. The van der Waals surface area contributed by atoms with E-state index in [2.05, 4.69) is 10.3 Å². The molecule has 0 fully saturated rings. The van der Waals surface area contributed by atoms with Gasteiger partial charge in [0.1, 0.15) is 0 Å². The molecule has 0 spiro atoms. The van der Waals surface area contributed by atoms with Crippen molar-refractivity contribution in [3.8, 4) is 11.1 Å². The number of carbonyl (C=O) groups excluding carboxylic acids is 2. The maximum Gasteiger partial charge on any atom is 0.340 e. The number of fused-ring (bicyclic) bond motifs is 1. The number of esters is 1. The molecule has 0 atom stereocenters.